The van der Waals surface area contributed by atoms with Crippen LogP contribution >= 0.6 is 0 Å². The van der Waals surface area contributed by atoms with E-state index >= 15 is 0 Å². The first-order chi connectivity index (χ1) is 10.2. The monoisotopic (exact) mass is 310 g/mol. The quantitative estimate of drug-likeness (QED) is 0.767. The van der Waals surface area contributed by atoms with Crippen molar-refractivity contribution in [3.05, 3.63) is 0 Å². The highest BCUT2D eigenvalue weighted by Gasteiger charge is 2.72. The van der Waals surface area contributed by atoms with Crippen LogP contribution in [0.1, 0.15) is 60.8 Å². The first-order valence-electron chi connectivity index (χ1n) is 8.90. The molecule has 2 saturated carbocycles. The van der Waals surface area contributed by atoms with Gasteiger partial charge in [0.25, 0.3) is 0 Å². The van der Waals surface area contributed by atoms with Crippen LogP contribution in [0.4, 0.5) is 0 Å². The molecular weight excluding hydrogens is 276 g/mol. The highest BCUT2D eigenvalue weighted by molar-refractivity contribution is 5.78. The van der Waals surface area contributed by atoms with Crippen LogP contribution in [-0.2, 0) is 9.53 Å². The summed E-state index contributed by atoms with van der Waals surface area (Å²) in [6.07, 6.45) is 3.41. The summed E-state index contributed by atoms with van der Waals surface area (Å²) in [6, 6.07) is -0.568. The number of carbonyl (C=O) groups is 1. The number of hydrogen-bond acceptors (Lipinski definition) is 4. The predicted molar refractivity (Wildman–Crippen MR) is 89.5 cm³/mol. The lowest BCUT2D eigenvalue weighted by Crippen LogP contribution is -2.70. The van der Waals surface area contributed by atoms with Gasteiger partial charge in [-0.05, 0) is 56.0 Å². The van der Waals surface area contributed by atoms with Gasteiger partial charge in [-0.3, -0.25) is 9.69 Å². The van der Waals surface area contributed by atoms with Gasteiger partial charge in [0.2, 0.25) is 0 Å². The molecule has 2 aliphatic rings. The van der Waals surface area contributed by atoms with E-state index in [1.54, 1.807) is 0 Å². The SMILES string of the molecule is CCOC(=O)[C@H](N)[C@@]1(N(CC)CC)C[C@@H]2CC[C@@]1(C)C2(C)C. The maximum Gasteiger partial charge on any atom is 0.324 e. The van der Waals surface area contributed by atoms with Gasteiger partial charge in [-0.2, -0.15) is 0 Å². The molecule has 2 fully saturated rings. The summed E-state index contributed by atoms with van der Waals surface area (Å²) in [7, 11) is 0. The molecule has 0 amide bonds. The first kappa shape index (κ1) is 17.7. The average molecular weight is 310 g/mol. The Morgan fingerprint density at radius 3 is 2.23 bits per heavy atom. The van der Waals surface area contributed by atoms with E-state index in [0.717, 1.165) is 25.9 Å². The molecular formula is C18H34N2O2. The summed E-state index contributed by atoms with van der Waals surface area (Å²) in [5.41, 5.74) is 6.54. The Balaban J connectivity index is 2.52. The first-order valence-corrected chi connectivity index (χ1v) is 8.90. The molecule has 128 valence electrons. The molecule has 2 bridgehead atoms. The van der Waals surface area contributed by atoms with Crippen LogP contribution in [0.5, 0.6) is 0 Å². The van der Waals surface area contributed by atoms with Crippen molar-refractivity contribution in [2.75, 3.05) is 19.7 Å². The zero-order chi connectivity index (χ0) is 16.8. The van der Waals surface area contributed by atoms with Crippen molar-refractivity contribution < 1.29 is 9.53 Å². The van der Waals surface area contributed by atoms with Gasteiger partial charge in [-0.25, -0.2) is 0 Å². The van der Waals surface area contributed by atoms with Crippen molar-refractivity contribution in [2.45, 2.75) is 72.4 Å². The Kier molecular flexibility index (Phi) is 4.67. The van der Waals surface area contributed by atoms with E-state index in [1.807, 2.05) is 6.92 Å². The van der Waals surface area contributed by atoms with Gasteiger partial charge in [-0.1, -0.05) is 34.6 Å². The van der Waals surface area contributed by atoms with Crippen LogP contribution in [0.2, 0.25) is 0 Å². The standard InChI is InChI=1S/C18H34N2O2/c1-7-20(8-2)18(14(19)15(21)22-9-3)12-13-10-11-17(18,6)16(13,4)5/h13-14H,7-12,19H2,1-6H3/t13-,14-,17-,18-/m0/s1. The zero-order valence-electron chi connectivity index (χ0n) is 15.2. The van der Waals surface area contributed by atoms with Crippen LogP contribution in [0.3, 0.4) is 0 Å². The summed E-state index contributed by atoms with van der Waals surface area (Å²) in [5.74, 6) is 0.401. The number of hydrogen-bond donors (Lipinski definition) is 1. The Hall–Kier alpha value is -0.610. The molecule has 2 N–H and O–H groups in total. The number of fused-ring (bicyclic) bond motifs is 2. The van der Waals surface area contributed by atoms with Crippen molar-refractivity contribution in [1.29, 1.82) is 0 Å². The fourth-order valence-corrected chi connectivity index (χ4v) is 5.69. The number of likely N-dealkylation sites (N-methyl/N-ethyl adjacent to an activating group) is 1. The minimum atomic E-state index is -0.568. The second-order valence-corrected chi connectivity index (χ2v) is 7.82. The molecule has 2 rings (SSSR count). The van der Waals surface area contributed by atoms with Crippen LogP contribution in [0.25, 0.3) is 0 Å². The summed E-state index contributed by atoms with van der Waals surface area (Å²) < 4.78 is 5.31. The third-order valence-corrected chi connectivity index (χ3v) is 7.33. The van der Waals surface area contributed by atoms with Crippen molar-refractivity contribution in [3.63, 3.8) is 0 Å². The fraction of sp³-hybridized carbons (Fsp3) is 0.944. The molecule has 0 radical (unpaired) electrons. The second-order valence-electron chi connectivity index (χ2n) is 7.82. The average Bonchev–Trinajstić information content (AvgIpc) is 2.80. The fourth-order valence-electron chi connectivity index (χ4n) is 5.69. The van der Waals surface area contributed by atoms with Gasteiger partial charge in [0.15, 0.2) is 0 Å². The second kappa shape index (κ2) is 5.79. The zero-order valence-corrected chi connectivity index (χ0v) is 15.2. The normalized spacial score (nSPS) is 37.5. The number of nitrogens with zero attached hydrogens (tertiary/aromatic N) is 1. The van der Waals surface area contributed by atoms with E-state index in [0.29, 0.717) is 12.5 Å². The number of nitrogens with two attached hydrogens (primary N) is 1. The number of rotatable bonds is 6. The molecule has 2 aliphatic carbocycles. The van der Waals surface area contributed by atoms with E-state index < -0.39 is 6.04 Å². The lowest BCUT2D eigenvalue weighted by Gasteiger charge is -2.56. The highest BCUT2D eigenvalue weighted by Crippen LogP contribution is 2.71. The number of ether oxygens (including phenoxy) is 1. The summed E-state index contributed by atoms with van der Waals surface area (Å²) in [6.45, 7) is 15.5. The van der Waals surface area contributed by atoms with Crippen LogP contribution in [0, 0.1) is 16.7 Å². The molecule has 4 heteroatoms. The number of esters is 1. The molecule has 0 aromatic heterocycles. The van der Waals surface area contributed by atoms with Gasteiger partial charge >= 0.3 is 5.97 Å². The minimum Gasteiger partial charge on any atom is -0.465 e. The molecule has 0 heterocycles. The van der Waals surface area contributed by atoms with Crippen molar-refractivity contribution in [1.82, 2.24) is 4.90 Å². The van der Waals surface area contributed by atoms with Gasteiger partial charge in [-0.15, -0.1) is 0 Å². The Bertz CT molecular complexity index is 433. The molecule has 0 aliphatic heterocycles. The van der Waals surface area contributed by atoms with E-state index in [2.05, 4.69) is 39.5 Å². The molecule has 0 aromatic rings. The smallest absolute Gasteiger partial charge is 0.324 e. The Labute approximate surface area is 135 Å². The molecule has 0 saturated heterocycles. The highest BCUT2D eigenvalue weighted by atomic mass is 16.5. The molecule has 22 heavy (non-hydrogen) atoms. The van der Waals surface area contributed by atoms with Gasteiger partial charge in [0, 0.05) is 0 Å². The third-order valence-electron chi connectivity index (χ3n) is 7.33. The molecule has 0 unspecified atom stereocenters. The summed E-state index contributed by atoms with van der Waals surface area (Å²) in [4.78, 5) is 15.0. The Morgan fingerprint density at radius 2 is 1.86 bits per heavy atom. The largest absolute Gasteiger partial charge is 0.465 e. The van der Waals surface area contributed by atoms with Crippen molar-refractivity contribution >= 4 is 5.97 Å². The van der Waals surface area contributed by atoms with Crippen LogP contribution in [-0.4, -0.2) is 42.1 Å². The van der Waals surface area contributed by atoms with E-state index in [1.165, 1.54) is 6.42 Å². The van der Waals surface area contributed by atoms with Crippen LogP contribution in [0.15, 0.2) is 0 Å². The third kappa shape index (κ3) is 1.99. The lowest BCUT2D eigenvalue weighted by atomic mass is 9.59. The molecule has 0 spiro atoms. The molecule has 4 nitrogen and oxygen atoms in total. The van der Waals surface area contributed by atoms with Gasteiger partial charge in [0.05, 0.1) is 12.1 Å². The van der Waals surface area contributed by atoms with Gasteiger partial charge < -0.3 is 10.5 Å². The lowest BCUT2D eigenvalue weighted by molar-refractivity contribution is -0.155. The summed E-state index contributed by atoms with van der Waals surface area (Å²) >= 11 is 0. The maximum absolute atomic E-state index is 12.5. The van der Waals surface area contributed by atoms with Gasteiger partial charge in [0.1, 0.15) is 6.04 Å². The van der Waals surface area contributed by atoms with E-state index in [4.69, 9.17) is 10.5 Å². The van der Waals surface area contributed by atoms with Crippen LogP contribution < -0.4 is 5.73 Å². The molecule has 4 atom stereocenters. The minimum absolute atomic E-state index is 0.0445. The summed E-state index contributed by atoms with van der Waals surface area (Å²) in [5, 5.41) is 0. The van der Waals surface area contributed by atoms with Crippen molar-refractivity contribution in [2.24, 2.45) is 22.5 Å². The topological polar surface area (TPSA) is 55.6 Å². The maximum atomic E-state index is 12.5. The van der Waals surface area contributed by atoms with Crippen molar-refractivity contribution in [3.8, 4) is 0 Å². The molecule has 0 aromatic carbocycles. The Morgan fingerprint density at radius 1 is 1.27 bits per heavy atom. The number of carbonyl (C=O) groups excluding carboxylic acids is 1. The predicted octanol–water partition coefficient (Wildman–Crippen LogP) is 2.80. The van der Waals surface area contributed by atoms with E-state index in [9.17, 15) is 4.79 Å². The van der Waals surface area contributed by atoms with E-state index in [-0.39, 0.29) is 22.3 Å².